The molecule has 0 amide bonds. The molecule has 0 fully saturated rings. The van der Waals surface area contributed by atoms with Crippen molar-refractivity contribution in [2.75, 3.05) is 6.54 Å². The minimum atomic E-state index is 0.587. The van der Waals surface area contributed by atoms with E-state index in [1.54, 1.807) is 0 Å². The average Bonchev–Trinajstić information content (AvgIpc) is 2.52. The third kappa shape index (κ3) is 1.61. The molecule has 0 aliphatic carbocycles. The first-order chi connectivity index (χ1) is 6.25. The number of nitrogens with zero attached hydrogens (tertiary/aromatic N) is 1. The van der Waals surface area contributed by atoms with E-state index in [2.05, 4.69) is 17.6 Å². The van der Waals surface area contributed by atoms with Gasteiger partial charge in [-0.3, -0.25) is 0 Å². The Balaban J connectivity index is 2.31. The molecular weight excluding hydrogens is 162 g/mol. The molecule has 1 aromatic carbocycles. The molecule has 0 N–H and O–H groups in total. The Kier molecular flexibility index (Phi) is 1.89. The second-order valence-corrected chi connectivity index (χ2v) is 3.13. The fourth-order valence-electron chi connectivity index (χ4n) is 1.29. The molecule has 0 unspecified atom stereocenters. The molecule has 1 aliphatic rings. The highest BCUT2D eigenvalue weighted by molar-refractivity contribution is 5.96. The fourth-order valence-corrected chi connectivity index (χ4v) is 1.29. The number of ether oxygens (including phenoxy) is 1. The number of rotatable bonds is 1. The van der Waals surface area contributed by atoms with Crippen LogP contribution in [0.1, 0.15) is 11.1 Å². The number of aliphatic imine (C=N–C) groups is 1. The molecule has 2 rings (SSSR count). The predicted molar refractivity (Wildman–Crippen MR) is 52.8 cm³/mol. The van der Waals surface area contributed by atoms with Crippen LogP contribution >= 0.6 is 0 Å². The number of benzene rings is 1. The molecule has 13 heavy (non-hydrogen) atoms. The molecule has 0 saturated heterocycles. The van der Waals surface area contributed by atoms with Crippen molar-refractivity contribution in [1.82, 2.24) is 0 Å². The molecule has 1 heterocycles. The van der Waals surface area contributed by atoms with Crippen LogP contribution in [0.3, 0.4) is 0 Å². The minimum absolute atomic E-state index is 0.587. The highest BCUT2D eigenvalue weighted by Crippen LogP contribution is 2.14. The van der Waals surface area contributed by atoms with E-state index in [-0.39, 0.29) is 0 Å². The predicted octanol–water partition coefficient (Wildman–Crippen LogP) is 2.29. The summed E-state index contributed by atoms with van der Waals surface area (Å²) in [4.78, 5) is 4.22. The van der Waals surface area contributed by atoms with Crippen molar-refractivity contribution in [1.29, 1.82) is 0 Å². The van der Waals surface area contributed by atoms with Crippen molar-refractivity contribution in [3.05, 3.63) is 47.7 Å². The van der Waals surface area contributed by atoms with Gasteiger partial charge in [0.15, 0.2) is 0 Å². The van der Waals surface area contributed by atoms with Gasteiger partial charge in [-0.15, -0.1) is 0 Å². The molecule has 66 valence electrons. The monoisotopic (exact) mass is 173 g/mol. The SMILES string of the molecule is C=C1CN=C(c2cccc(C)c2)O1. The Hall–Kier alpha value is -1.57. The summed E-state index contributed by atoms with van der Waals surface area (Å²) in [5.74, 6) is 1.41. The second kappa shape index (κ2) is 3.05. The first-order valence-corrected chi connectivity index (χ1v) is 4.23. The zero-order chi connectivity index (χ0) is 9.26. The van der Waals surface area contributed by atoms with Gasteiger partial charge < -0.3 is 4.74 Å². The van der Waals surface area contributed by atoms with Crippen LogP contribution in [-0.4, -0.2) is 12.4 Å². The lowest BCUT2D eigenvalue weighted by atomic mass is 10.1. The van der Waals surface area contributed by atoms with Gasteiger partial charge in [0, 0.05) is 5.56 Å². The van der Waals surface area contributed by atoms with E-state index < -0.39 is 0 Å². The van der Waals surface area contributed by atoms with Gasteiger partial charge in [-0.1, -0.05) is 24.3 Å². The lowest BCUT2D eigenvalue weighted by Crippen LogP contribution is -1.99. The molecule has 2 nitrogen and oxygen atoms in total. The van der Waals surface area contributed by atoms with E-state index in [0.29, 0.717) is 12.4 Å². The molecule has 1 aliphatic heterocycles. The molecule has 2 heteroatoms. The van der Waals surface area contributed by atoms with Gasteiger partial charge >= 0.3 is 0 Å². The van der Waals surface area contributed by atoms with Gasteiger partial charge in [0.2, 0.25) is 5.90 Å². The van der Waals surface area contributed by atoms with E-state index >= 15 is 0 Å². The van der Waals surface area contributed by atoms with E-state index in [0.717, 1.165) is 11.3 Å². The highest BCUT2D eigenvalue weighted by atomic mass is 16.5. The van der Waals surface area contributed by atoms with Crippen molar-refractivity contribution < 1.29 is 4.74 Å². The highest BCUT2D eigenvalue weighted by Gasteiger charge is 2.12. The zero-order valence-corrected chi connectivity index (χ0v) is 7.58. The molecular formula is C11H11NO. The third-order valence-corrected chi connectivity index (χ3v) is 1.91. The van der Waals surface area contributed by atoms with Crippen LogP contribution in [0, 0.1) is 6.92 Å². The molecule has 0 atom stereocenters. The first kappa shape index (κ1) is 8.05. The summed E-state index contributed by atoms with van der Waals surface area (Å²) in [6.45, 7) is 6.35. The van der Waals surface area contributed by atoms with Crippen molar-refractivity contribution in [2.45, 2.75) is 6.92 Å². The van der Waals surface area contributed by atoms with Crippen LogP contribution in [-0.2, 0) is 4.74 Å². The van der Waals surface area contributed by atoms with Gasteiger partial charge in [-0.25, -0.2) is 4.99 Å². The van der Waals surface area contributed by atoms with E-state index in [9.17, 15) is 0 Å². The largest absolute Gasteiger partial charge is 0.442 e. The van der Waals surface area contributed by atoms with E-state index in [1.165, 1.54) is 5.56 Å². The number of hydrogen-bond donors (Lipinski definition) is 0. The molecule has 1 aromatic rings. The quantitative estimate of drug-likeness (QED) is 0.638. The normalized spacial score (nSPS) is 15.5. The van der Waals surface area contributed by atoms with Crippen molar-refractivity contribution in [2.24, 2.45) is 4.99 Å². The maximum absolute atomic E-state index is 5.36. The van der Waals surface area contributed by atoms with Gasteiger partial charge in [-0.05, 0) is 19.1 Å². The summed E-state index contributed by atoms with van der Waals surface area (Å²) in [5, 5.41) is 0. The summed E-state index contributed by atoms with van der Waals surface area (Å²) in [5.41, 5.74) is 2.24. The third-order valence-electron chi connectivity index (χ3n) is 1.91. The number of aryl methyl sites for hydroxylation is 1. The maximum atomic E-state index is 5.36. The number of hydrogen-bond acceptors (Lipinski definition) is 2. The van der Waals surface area contributed by atoms with Gasteiger partial charge in [0.25, 0.3) is 0 Å². The summed E-state index contributed by atoms with van der Waals surface area (Å²) >= 11 is 0. The molecule has 0 spiro atoms. The summed E-state index contributed by atoms with van der Waals surface area (Å²) in [6.07, 6.45) is 0. The minimum Gasteiger partial charge on any atom is -0.442 e. The molecule has 0 aromatic heterocycles. The van der Waals surface area contributed by atoms with E-state index in [4.69, 9.17) is 4.74 Å². The van der Waals surface area contributed by atoms with Crippen LogP contribution in [0.4, 0.5) is 0 Å². The Bertz CT molecular complexity index is 379. The lowest BCUT2D eigenvalue weighted by Gasteiger charge is -2.02. The molecule has 0 saturated carbocycles. The van der Waals surface area contributed by atoms with Crippen molar-refractivity contribution in [3.63, 3.8) is 0 Å². The molecule has 0 bridgehead atoms. The zero-order valence-electron chi connectivity index (χ0n) is 7.58. The van der Waals surface area contributed by atoms with Gasteiger partial charge in [0.1, 0.15) is 12.3 Å². The molecule has 0 radical (unpaired) electrons. The van der Waals surface area contributed by atoms with Crippen LogP contribution in [0.15, 0.2) is 41.6 Å². The van der Waals surface area contributed by atoms with Crippen LogP contribution in [0.2, 0.25) is 0 Å². The standard InChI is InChI=1S/C11H11NO/c1-8-4-3-5-10(6-8)11-12-7-9(2)13-11/h3-6H,2,7H2,1H3. The Labute approximate surface area is 77.6 Å². The fraction of sp³-hybridized carbons (Fsp3) is 0.182. The Morgan fingerprint density at radius 1 is 1.46 bits per heavy atom. The Morgan fingerprint density at radius 2 is 2.31 bits per heavy atom. The summed E-state index contributed by atoms with van der Waals surface area (Å²) < 4.78 is 5.36. The summed E-state index contributed by atoms with van der Waals surface area (Å²) in [7, 11) is 0. The van der Waals surface area contributed by atoms with Gasteiger partial charge in [-0.2, -0.15) is 0 Å². The summed E-state index contributed by atoms with van der Waals surface area (Å²) in [6, 6.07) is 8.09. The van der Waals surface area contributed by atoms with Crippen LogP contribution < -0.4 is 0 Å². The maximum Gasteiger partial charge on any atom is 0.222 e. The first-order valence-electron chi connectivity index (χ1n) is 4.23. The second-order valence-electron chi connectivity index (χ2n) is 3.13. The Morgan fingerprint density at radius 3 is 2.92 bits per heavy atom. The van der Waals surface area contributed by atoms with Gasteiger partial charge in [0.05, 0.1) is 0 Å². The van der Waals surface area contributed by atoms with Crippen molar-refractivity contribution >= 4 is 5.90 Å². The van der Waals surface area contributed by atoms with Crippen molar-refractivity contribution in [3.8, 4) is 0 Å². The van der Waals surface area contributed by atoms with Crippen LogP contribution in [0.5, 0.6) is 0 Å². The van der Waals surface area contributed by atoms with E-state index in [1.807, 2.05) is 25.1 Å². The average molecular weight is 173 g/mol. The van der Waals surface area contributed by atoms with Crippen LogP contribution in [0.25, 0.3) is 0 Å². The topological polar surface area (TPSA) is 21.6 Å². The smallest absolute Gasteiger partial charge is 0.222 e. The lowest BCUT2D eigenvalue weighted by molar-refractivity contribution is 0.442.